The zero-order chi connectivity index (χ0) is 19.9. The van der Waals surface area contributed by atoms with Crippen molar-refractivity contribution in [3.8, 4) is 0 Å². The van der Waals surface area contributed by atoms with Crippen LogP contribution in [0.5, 0.6) is 0 Å². The minimum absolute atomic E-state index is 0.0963. The molecular formula is C23H24N4O2. The molecular weight excluding hydrogens is 364 g/mol. The van der Waals surface area contributed by atoms with Gasteiger partial charge in [-0.15, -0.1) is 0 Å². The molecule has 0 saturated carbocycles. The molecule has 0 aliphatic rings. The second-order valence-corrected chi connectivity index (χ2v) is 7.01. The molecule has 0 bridgehead atoms. The SMILES string of the molecule is O=C(NCCCn1cccn1)c1ccc2oc(CCCc3ccccc3)nc2c1. The first-order chi connectivity index (χ1) is 14.3. The van der Waals surface area contributed by atoms with Crippen LogP contribution in [0.4, 0.5) is 0 Å². The molecule has 2 heterocycles. The zero-order valence-electron chi connectivity index (χ0n) is 16.3. The number of amides is 1. The summed E-state index contributed by atoms with van der Waals surface area (Å²) in [7, 11) is 0. The van der Waals surface area contributed by atoms with E-state index in [1.807, 2.05) is 29.1 Å². The molecule has 2 aromatic carbocycles. The molecule has 0 aliphatic heterocycles. The first-order valence-corrected chi connectivity index (χ1v) is 9.97. The van der Waals surface area contributed by atoms with Gasteiger partial charge in [0.25, 0.3) is 5.91 Å². The zero-order valence-corrected chi connectivity index (χ0v) is 16.3. The van der Waals surface area contributed by atoms with Gasteiger partial charge in [0.1, 0.15) is 5.52 Å². The molecule has 6 nitrogen and oxygen atoms in total. The normalized spacial score (nSPS) is 11.0. The summed E-state index contributed by atoms with van der Waals surface area (Å²) in [6, 6.07) is 17.7. The molecule has 0 radical (unpaired) electrons. The van der Waals surface area contributed by atoms with Crippen LogP contribution in [0.15, 0.2) is 71.4 Å². The number of oxazole rings is 1. The summed E-state index contributed by atoms with van der Waals surface area (Å²) in [5.74, 6) is 0.619. The minimum atomic E-state index is -0.0963. The van der Waals surface area contributed by atoms with Crippen molar-refractivity contribution in [1.82, 2.24) is 20.1 Å². The van der Waals surface area contributed by atoms with Crippen LogP contribution in [0.25, 0.3) is 11.1 Å². The van der Waals surface area contributed by atoms with Crippen molar-refractivity contribution in [2.75, 3.05) is 6.54 Å². The summed E-state index contributed by atoms with van der Waals surface area (Å²) >= 11 is 0. The topological polar surface area (TPSA) is 73.0 Å². The van der Waals surface area contributed by atoms with Crippen molar-refractivity contribution in [3.05, 3.63) is 84.0 Å². The highest BCUT2D eigenvalue weighted by atomic mass is 16.3. The van der Waals surface area contributed by atoms with Crippen molar-refractivity contribution in [2.45, 2.75) is 32.2 Å². The van der Waals surface area contributed by atoms with E-state index in [-0.39, 0.29) is 5.91 Å². The Kier molecular flexibility index (Phi) is 6.00. The number of aryl methyl sites for hydroxylation is 3. The average molecular weight is 388 g/mol. The lowest BCUT2D eigenvalue weighted by atomic mass is 10.1. The fourth-order valence-electron chi connectivity index (χ4n) is 3.29. The number of aromatic nitrogens is 3. The number of hydrogen-bond donors (Lipinski definition) is 1. The van der Waals surface area contributed by atoms with E-state index in [0.29, 0.717) is 18.0 Å². The third-order valence-electron chi connectivity index (χ3n) is 4.80. The van der Waals surface area contributed by atoms with Crippen molar-refractivity contribution < 1.29 is 9.21 Å². The maximum Gasteiger partial charge on any atom is 0.251 e. The highest BCUT2D eigenvalue weighted by molar-refractivity contribution is 5.97. The second-order valence-electron chi connectivity index (χ2n) is 7.01. The summed E-state index contributed by atoms with van der Waals surface area (Å²) in [5, 5.41) is 7.10. The lowest BCUT2D eigenvalue weighted by Crippen LogP contribution is -2.25. The largest absolute Gasteiger partial charge is 0.441 e. The van der Waals surface area contributed by atoms with E-state index in [4.69, 9.17) is 4.42 Å². The lowest BCUT2D eigenvalue weighted by molar-refractivity contribution is 0.0952. The Morgan fingerprint density at radius 2 is 1.93 bits per heavy atom. The maximum absolute atomic E-state index is 12.4. The van der Waals surface area contributed by atoms with E-state index in [2.05, 4.69) is 39.7 Å². The van der Waals surface area contributed by atoms with Crippen LogP contribution in [0.2, 0.25) is 0 Å². The molecule has 2 aromatic heterocycles. The molecule has 29 heavy (non-hydrogen) atoms. The van der Waals surface area contributed by atoms with Gasteiger partial charge in [0.05, 0.1) is 0 Å². The van der Waals surface area contributed by atoms with Gasteiger partial charge >= 0.3 is 0 Å². The Labute approximate surface area is 169 Å². The van der Waals surface area contributed by atoms with Crippen LogP contribution in [-0.4, -0.2) is 27.2 Å². The number of carbonyl (C=O) groups excluding carboxylic acids is 1. The van der Waals surface area contributed by atoms with Gasteiger partial charge in [-0.3, -0.25) is 9.48 Å². The molecule has 4 rings (SSSR count). The summed E-state index contributed by atoms with van der Waals surface area (Å²) in [6.07, 6.45) is 7.23. The van der Waals surface area contributed by atoms with Crippen LogP contribution < -0.4 is 5.32 Å². The predicted molar refractivity (Wildman–Crippen MR) is 112 cm³/mol. The third-order valence-corrected chi connectivity index (χ3v) is 4.80. The molecule has 0 aliphatic carbocycles. The molecule has 6 heteroatoms. The van der Waals surface area contributed by atoms with E-state index in [1.165, 1.54) is 5.56 Å². The predicted octanol–water partition coefficient (Wildman–Crippen LogP) is 4.02. The summed E-state index contributed by atoms with van der Waals surface area (Å²) in [4.78, 5) is 17.0. The molecule has 0 fully saturated rings. The number of nitrogens with zero attached hydrogens (tertiary/aromatic N) is 3. The third kappa shape index (κ3) is 5.10. The van der Waals surface area contributed by atoms with Crippen LogP contribution in [0.1, 0.15) is 34.7 Å². The van der Waals surface area contributed by atoms with Gasteiger partial charge in [0, 0.05) is 37.5 Å². The Morgan fingerprint density at radius 1 is 1.03 bits per heavy atom. The standard InChI is InChI=1S/C23H24N4O2/c28-23(24-13-5-15-27-16-6-14-25-27)19-11-12-21-20(17-19)26-22(29-21)10-4-9-18-7-2-1-3-8-18/h1-3,6-8,11-12,14,16-17H,4-5,9-10,13,15H2,(H,24,28). The first-order valence-electron chi connectivity index (χ1n) is 9.97. The van der Waals surface area contributed by atoms with Crippen molar-refractivity contribution in [1.29, 1.82) is 0 Å². The molecule has 148 valence electrons. The van der Waals surface area contributed by atoms with Crippen molar-refractivity contribution in [3.63, 3.8) is 0 Å². The molecule has 0 spiro atoms. The average Bonchev–Trinajstić information content (AvgIpc) is 3.40. The smallest absolute Gasteiger partial charge is 0.251 e. The van der Waals surface area contributed by atoms with E-state index in [0.717, 1.165) is 43.3 Å². The summed E-state index contributed by atoms with van der Waals surface area (Å²) in [5.41, 5.74) is 3.36. The van der Waals surface area contributed by atoms with Crippen LogP contribution in [0.3, 0.4) is 0 Å². The van der Waals surface area contributed by atoms with Gasteiger partial charge in [-0.1, -0.05) is 30.3 Å². The van der Waals surface area contributed by atoms with Gasteiger partial charge in [-0.2, -0.15) is 5.10 Å². The van der Waals surface area contributed by atoms with Gasteiger partial charge in [0.15, 0.2) is 11.5 Å². The van der Waals surface area contributed by atoms with Gasteiger partial charge < -0.3 is 9.73 Å². The monoisotopic (exact) mass is 388 g/mol. The summed E-state index contributed by atoms with van der Waals surface area (Å²) < 4.78 is 7.68. The number of benzene rings is 2. The molecule has 1 N–H and O–H groups in total. The number of rotatable bonds is 9. The van der Waals surface area contributed by atoms with Gasteiger partial charge in [-0.05, 0) is 49.1 Å². The Hall–Kier alpha value is -3.41. The van der Waals surface area contributed by atoms with Crippen LogP contribution in [-0.2, 0) is 19.4 Å². The fourth-order valence-corrected chi connectivity index (χ4v) is 3.29. The van der Waals surface area contributed by atoms with E-state index < -0.39 is 0 Å². The Morgan fingerprint density at radius 3 is 2.76 bits per heavy atom. The quantitative estimate of drug-likeness (QED) is 0.440. The highest BCUT2D eigenvalue weighted by Crippen LogP contribution is 2.19. The number of hydrogen-bond acceptors (Lipinski definition) is 4. The second kappa shape index (κ2) is 9.19. The first kappa shape index (κ1) is 18.9. The van der Waals surface area contributed by atoms with Gasteiger partial charge in [-0.25, -0.2) is 4.98 Å². The molecule has 1 amide bonds. The minimum Gasteiger partial charge on any atom is -0.441 e. The number of nitrogens with one attached hydrogen (secondary N) is 1. The van der Waals surface area contributed by atoms with Crippen molar-refractivity contribution in [2.24, 2.45) is 0 Å². The van der Waals surface area contributed by atoms with E-state index in [1.54, 1.807) is 18.3 Å². The van der Waals surface area contributed by atoms with Crippen LogP contribution in [0, 0.1) is 0 Å². The van der Waals surface area contributed by atoms with E-state index in [9.17, 15) is 4.79 Å². The highest BCUT2D eigenvalue weighted by Gasteiger charge is 2.10. The molecule has 4 aromatic rings. The van der Waals surface area contributed by atoms with Gasteiger partial charge in [0.2, 0.25) is 0 Å². The number of fused-ring (bicyclic) bond motifs is 1. The summed E-state index contributed by atoms with van der Waals surface area (Å²) in [6.45, 7) is 1.38. The lowest BCUT2D eigenvalue weighted by Gasteiger charge is -2.05. The fraction of sp³-hybridized carbons (Fsp3) is 0.261. The number of carbonyl (C=O) groups is 1. The molecule has 0 atom stereocenters. The van der Waals surface area contributed by atoms with E-state index >= 15 is 0 Å². The van der Waals surface area contributed by atoms with Crippen LogP contribution >= 0.6 is 0 Å². The maximum atomic E-state index is 12.4. The Bertz CT molecular complexity index is 1060. The molecule has 0 saturated heterocycles. The van der Waals surface area contributed by atoms with Crippen molar-refractivity contribution >= 4 is 17.0 Å². The molecule has 0 unspecified atom stereocenters. The Balaban J connectivity index is 1.29.